The van der Waals surface area contributed by atoms with Gasteiger partial charge in [0.2, 0.25) is 10.0 Å². The van der Waals surface area contributed by atoms with Gasteiger partial charge in [0.1, 0.15) is 0 Å². The predicted molar refractivity (Wildman–Crippen MR) is 68.3 cm³/mol. The molecule has 5 nitrogen and oxygen atoms in total. The second-order valence-electron chi connectivity index (χ2n) is 4.90. The van der Waals surface area contributed by atoms with E-state index in [0.717, 1.165) is 19.3 Å². The molecule has 1 rings (SSSR count). The first-order valence-electron chi connectivity index (χ1n) is 6.16. The van der Waals surface area contributed by atoms with Crippen LogP contribution in [0.4, 0.5) is 0 Å². The molecule has 1 aliphatic heterocycles. The molecule has 1 aliphatic rings. The van der Waals surface area contributed by atoms with Crippen LogP contribution in [-0.2, 0) is 14.8 Å². The van der Waals surface area contributed by atoms with Gasteiger partial charge in [-0.25, -0.2) is 8.42 Å². The molecule has 1 heterocycles. The number of unbranched alkanes of at least 4 members (excludes halogenated alkanes) is 1. The summed E-state index contributed by atoms with van der Waals surface area (Å²) < 4.78 is 31.2. The minimum Gasteiger partial charge on any atom is -0.377 e. The summed E-state index contributed by atoms with van der Waals surface area (Å²) in [6, 6.07) is 0. The lowest BCUT2D eigenvalue weighted by atomic mass is 9.96. The number of sulfonamides is 1. The van der Waals surface area contributed by atoms with Crippen molar-refractivity contribution in [2.75, 3.05) is 32.5 Å². The first kappa shape index (κ1) is 14.9. The Morgan fingerprint density at radius 3 is 2.71 bits per heavy atom. The van der Waals surface area contributed by atoms with Gasteiger partial charge < -0.3 is 10.5 Å². The van der Waals surface area contributed by atoms with E-state index in [1.807, 2.05) is 6.92 Å². The molecule has 0 saturated carbocycles. The third-order valence-corrected chi connectivity index (χ3v) is 5.27. The zero-order valence-electron chi connectivity index (χ0n) is 10.8. The highest BCUT2D eigenvalue weighted by atomic mass is 32.2. The zero-order valence-corrected chi connectivity index (χ0v) is 11.6. The smallest absolute Gasteiger partial charge is 0.214 e. The normalized spacial score (nSPS) is 27.2. The van der Waals surface area contributed by atoms with Crippen LogP contribution in [0.3, 0.4) is 0 Å². The molecule has 1 fully saturated rings. The van der Waals surface area contributed by atoms with Crippen LogP contribution in [0.15, 0.2) is 0 Å². The van der Waals surface area contributed by atoms with E-state index in [4.69, 9.17) is 10.5 Å². The summed E-state index contributed by atoms with van der Waals surface area (Å²) in [7, 11) is -1.50. The fourth-order valence-electron chi connectivity index (χ4n) is 2.12. The fraction of sp³-hybridized carbons (Fsp3) is 1.00. The molecule has 0 bridgehead atoms. The molecule has 0 spiro atoms. The van der Waals surface area contributed by atoms with Crippen LogP contribution < -0.4 is 5.73 Å². The lowest BCUT2D eigenvalue weighted by molar-refractivity contribution is -0.0319. The summed E-state index contributed by atoms with van der Waals surface area (Å²) >= 11 is 0. The average Bonchev–Trinajstić information content (AvgIpc) is 2.29. The fourth-order valence-corrected chi connectivity index (χ4v) is 3.83. The van der Waals surface area contributed by atoms with Gasteiger partial charge in [0, 0.05) is 20.2 Å². The molecule has 2 N–H and O–H groups in total. The van der Waals surface area contributed by atoms with Gasteiger partial charge in [-0.15, -0.1) is 0 Å². The Morgan fingerprint density at radius 2 is 2.12 bits per heavy atom. The minimum absolute atomic E-state index is 0.198. The van der Waals surface area contributed by atoms with Gasteiger partial charge in [0.05, 0.1) is 11.4 Å². The molecule has 1 saturated heterocycles. The van der Waals surface area contributed by atoms with Crippen molar-refractivity contribution in [3.8, 4) is 0 Å². The lowest BCUT2D eigenvalue weighted by Gasteiger charge is -2.38. The molecular weight excluding hydrogens is 240 g/mol. The highest BCUT2D eigenvalue weighted by molar-refractivity contribution is 7.89. The highest BCUT2D eigenvalue weighted by Gasteiger charge is 2.35. The van der Waals surface area contributed by atoms with E-state index in [9.17, 15) is 8.42 Å². The largest absolute Gasteiger partial charge is 0.377 e. The van der Waals surface area contributed by atoms with Crippen LogP contribution in [-0.4, -0.2) is 50.8 Å². The molecule has 0 aliphatic carbocycles. The molecule has 0 aromatic rings. The molecule has 17 heavy (non-hydrogen) atoms. The Labute approximate surface area is 104 Å². The van der Waals surface area contributed by atoms with Crippen molar-refractivity contribution in [3.63, 3.8) is 0 Å². The zero-order chi connectivity index (χ0) is 12.9. The molecule has 102 valence electrons. The number of hydrogen-bond acceptors (Lipinski definition) is 4. The number of nitrogens with zero attached hydrogens (tertiary/aromatic N) is 1. The van der Waals surface area contributed by atoms with Crippen molar-refractivity contribution in [1.29, 1.82) is 0 Å². The molecule has 1 atom stereocenters. The van der Waals surface area contributed by atoms with Crippen LogP contribution >= 0.6 is 0 Å². The van der Waals surface area contributed by atoms with Crippen LogP contribution in [0.2, 0.25) is 0 Å². The van der Waals surface area contributed by atoms with Crippen molar-refractivity contribution in [2.45, 2.75) is 38.2 Å². The average molecular weight is 264 g/mol. The number of methoxy groups -OCH3 is 1. The predicted octanol–water partition coefficient (Wildman–Crippen LogP) is 0.556. The van der Waals surface area contributed by atoms with Crippen LogP contribution in [0, 0.1) is 0 Å². The monoisotopic (exact) mass is 264 g/mol. The molecule has 0 aromatic carbocycles. The van der Waals surface area contributed by atoms with Gasteiger partial charge in [-0.2, -0.15) is 4.31 Å². The summed E-state index contributed by atoms with van der Waals surface area (Å²) in [6.07, 6.45) is 3.17. The first-order valence-corrected chi connectivity index (χ1v) is 7.77. The van der Waals surface area contributed by atoms with Gasteiger partial charge in [0.25, 0.3) is 0 Å². The maximum absolute atomic E-state index is 12.1. The maximum atomic E-state index is 12.1. The van der Waals surface area contributed by atoms with E-state index < -0.39 is 10.0 Å². The first-order chi connectivity index (χ1) is 7.93. The Morgan fingerprint density at radius 1 is 1.41 bits per heavy atom. The quantitative estimate of drug-likeness (QED) is 0.711. The van der Waals surface area contributed by atoms with E-state index in [1.54, 1.807) is 11.4 Å². The number of hydrogen-bond donors (Lipinski definition) is 1. The van der Waals surface area contributed by atoms with Gasteiger partial charge >= 0.3 is 0 Å². The van der Waals surface area contributed by atoms with E-state index in [-0.39, 0.29) is 11.4 Å². The maximum Gasteiger partial charge on any atom is 0.214 e. The number of piperidine rings is 1. The van der Waals surface area contributed by atoms with Crippen molar-refractivity contribution in [3.05, 3.63) is 0 Å². The summed E-state index contributed by atoms with van der Waals surface area (Å²) in [6.45, 7) is 3.60. The minimum atomic E-state index is -3.14. The second-order valence-corrected chi connectivity index (χ2v) is 6.99. The molecular formula is C11H24N2O3S. The van der Waals surface area contributed by atoms with Gasteiger partial charge in [-0.1, -0.05) is 0 Å². The van der Waals surface area contributed by atoms with Crippen LogP contribution in [0.25, 0.3) is 0 Å². The third-order valence-electron chi connectivity index (χ3n) is 3.37. The van der Waals surface area contributed by atoms with Crippen LogP contribution in [0.1, 0.15) is 32.6 Å². The van der Waals surface area contributed by atoms with Crippen molar-refractivity contribution in [2.24, 2.45) is 5.73 Å². The Balaban J connectivity index is 2.59. The van der Waals surface area contributed by atoms with Gasteiger partial charge in [-0.3, -0.25) is 0 Å². The summed E-state index contributed by atoms with van der Waals surface area (Å²) in [5.41, 5.74) is 5.04. The molecule has 6 heteroatoms. The Kier molecular flexibility index (Phi) is 5.37. The SMILES string of the molecule is COC1(C)CCCN(S(=O)(=O)CCCCN)C1. The summed E-state index contributed by atoms with van der Waals surface area (Å²) in [4.78, 5) is 0. The second kappa shape index (κ2) is 6.13. The topological polar surface area (TPSA) is 72.6 Å². The van der Waals surface area contributed by atoms with Crippen LogP contribution in [0.5, 0.6) is 0 Å². The van der Waals surface area contributed by atoms with Gasteiger partial charge in [-0.05, 0) is 39.2 Å². The Hall–Kier alpha value is -0.170. The summed E-state index contributed by atoms with van der Waals surface area (Å²) in [5.74, 6) is 0.198. The Bertz CT molecular complexity index is 332. The highest BCUT2D eigenvalue weighted by Crippen LogP contribution is 2.25. The van der Waals surface area contributed by atoms with Crippen molar-refractivity contribution in [1.82, 2.24) is 4.31 Å². The van der Waals surface area contributed by atoms with Crippen molar-refractivity contribution < 1.29 is 13.2 Å². The summed E-state index contributed by atoms with van der Waals surface area (Å²) in [5, 5.41) is 0. The number of rotatable bonds is 6. The van der Waals surface area contributed by atoms with E-state index in [2.05, 4.69) is 0 Å². The molecule has 1 unspecified atom stereocenters. The lowest BCUT2D eigenvalue weighted by Crippen LogP contribution is -2.50. The number of ether oxygens (including phenoxy) is 1. The van der Waals surface area contributed by atoms with E-state index in [1.165, 1.54) is 0 Å². The third kappa shape index (κ3) is 4.21. The van der Waals surface area contributed by atoms with Crippen molar-refractivity contribution >= 4 is 10.0 Å². The molecule has 0 radical (unpaired) electrons. The van der Waals surface area contributed by atoms with E-state index in [0.29, 0.717) is 26.1 Å². The molecule has 0 aromatic heterocycles. The standard InChI is InChI=1S/C11H24N2O3S/c1-11(16-2)6-5-8-13(10-11)17(14,15)9-4-3-7-12/h3-10,12H2,1-2H3. The van der Waals surface area contributed by atoms with Gasteiger partial charge in [0.15, 0.2) is 0 Å². The van der Waals surface area contributed by atoms with E-state index >= 15 is 0 Å². The molecule has 0 amide bonds. The number of nitrogens with two attached hydrogens (primary N) is 1.